The Morgan fingerprint density at radius 3 is 2.58 bits per heavy atom. The average Bonchev–Trinajstić information content (AvgIpc) is 2.70. The van der Waals surface area contributed by atoms with Crippen molar-refractivity contribution in [2.45, 2.75) is 33.0 Å². The van der Waals surface area contributed by atoms with Gasteiger partial charge >= 0.3 is 0 Å². The maximum absolute atomic E-state index is 4.53. The lowest BCUT2D eigenvalue weighted by Gasteiger charge is -2.43. The molecule has 0 saturated carbocycles. The Bertz CT molecular complexity index is 415. The first kappa shape index (κ1) is 13.1. The van der Waals surface area contributed by atoms with Gasteiger partial charge in [-0.1, -0.05) is 0 Å². The largest absolute Gasteiger partial charge is 0.314 e. The molecule has 0 aromatic carbocycles. The monoisotopic (exact) mass is 263 g/mol. The van der Waals surface area contributed by atoms with Gasteiger partial charge in [0, 0.05) is 58.4 Å². The molecule has 5 heteroatoms. The molecular formula is C14H25N5. The van der Waals surface area contributed by atoms with Crippen molar-refractivity contribution in [3.63, 3.8) is 0 Å². The van der Waals surface area contributed by atoms with Gasteiger partial charge in [0.05, 0.1) is 11.4 Å². The van der Waals surface area contributed by atoms with Gasteiger partial charge in [-0.25, -0.2) is 0 Å². The van der Waals surface area contributed by atoms with Crippen LogP contribution in [0.5, 0.6) is 0 Å². The quantitative estimate of drug-likeness (QED) is 0.848. The summed E-state index contributed by atoms with van der Waals surface area (Å²) in [5.41, 5.74) is 2.50. The average molecular weight is 263 g/mol. The van der Waals surface area contributed by atoms with Gasteiger partial charge in [-0.2, -0.15) is 5.10 Å². The lowest BCUT2D eigenvalue weighted by atomic mass is 10.1. The Balaban J connectivity index is 1.53. The standard InChI is InChI=1S/C14H25N5/c1-3-19-13(8-12(2)16-19)11-17-4-6-18(7-5-17)14-9-15-10-14/h8,14-15H,3-7,9-11H2,1-2H3. The Hall–Kier alpha value is -0.910. The van der Waals surface area contributed by atoms with E-state index >= 15 is 0 Å². The topological polar surface area (TPSA) is 36.3 Å². The highest BCUT2D eigenvalue weighted by Gasteiger charge is 2.27. The Morgan fingerprint density at radius 2 is 2.00 bits per heavy atom. The zero-order valence-corrected chi connectivity index (χ0v) is 12.1. The predicted octanol–water partition coefficient (Wildman–Crippen LogP) is 0.301. The van der Waals surface area contributed by atoms with Gasteiger partial charge in [-0.05, 0) is 19.9 Å². The Labute approximate surface area is 115 Å². The highest BCUT2D eigenvalue weighted by molar-refractivity contribution is 5.09. The lowest BCUT2D eigenvalue weighted by molar-refractivity contribution is 0.0684. The molecule has 2 fully saturated rings. The molecule has 0 spiro atoms. The molecule has 5 nitrogen and oxygen atoms in total. The highest BCUT2D eigenvalue weighted by atomic mass is 15.3. The molecule has 0 amide bonds. The molecule has 1 aromatic heterocycles. The molecule has 0 unspecified atom stereocenters. The van der Waals surface area contributed by atoms with Gasteiger partial charge in [0.2, 0.25) is 0 Å². The fraction of sp³-hybridized carbons (Fsp3) is 0.786. The van der Waals surface area contributed by atoms with Crippen LogP contribution in [0.25, 0.3) is 0 Å². The number of nitrogens with one attached hydrogen (secondary N) is 1. The number of nitrogens with zero attached hydrogens (tertiary/aromatic N) is 4. The fourth-order valence-electron chi connectivity index (χ4n) is 3.05. The molecule has 2 aliphatic rings. The van der Waals surface area contributed by atoms with E-state index in [1.165, 1.54) is 45.0 Å². The summed E-state index contributed by atoms with van der Waals surface area (Å²) in [4.78, 5) is 5.20. The van der Waals surface area contributed by atoms with Crippen molar-refractivity contribution < 1.29 is 0 Å². The number of rotatable bonds is 4. The second-order valence-corrected chi connectivity index (χ2v) is 5.72. The van der Waals surface area contributed by atoms with Crippen LogP contribution in [0, 0.1) is 6.92 Å². The normalized spacial score (nSPS) is 22.6. The molecule has 0 bridgehead atoms. The summed E-state index contributed by atoms with van der Waals surface area (Å²) >= 11 is 0. The third kappa shape index (κ3) is 2.83. The van der Waals surface area contributed by atoms with Crippen molar-refractivity contribution in [3.05, 3.63) is 17.5 Å². The first-order valence-corrected chi connectivity index (χ1v) is 7.46. The molecule has 2 aliphatic heterocycles. The van der Waals surface area contributed by atoms with Crippen molar-refractivity contribution in [1.82, 2.24) is 24.9 Å². The summed E-state index contributed by atoms with van der Waals surface area (Å²) < 4.78 is 2.14. The van der Waals surface area contributed by atoms with Crippen LogP contribution in [-0.4, -0.2) is 64.9 Å². The fourth-order valence-corrected chi connectivity index (χ4v) is 3.05. The summed E-state index contributed by atoms with van der Waals surface area (Å²) in [5, 5.41) is 7.89. The van der Waals surface area contributed by atoms with Crippen LogP contribution < -0.4 is 5.32 Å². The first-order chi connectivity index (χ1) is 9.26. The minimum atomic E-state index is 0.797. The van der Waals surface area contributed by atoms with Crippen LogP contribution in [-0.2, 0) is 13.1 Å². The second kappa shape index (κ2) is 5.61. The summed E-state index contributed by atoms with van der Waals surface area (Å²) in [6.07, 6.45) is 0. The minimum absolute atomic E-state index is 0.797. The summed E-state index contributed by atoms with van der Waals surface area (Å²) in [5.74, 6) is 0. The Morgan fingerprint density at radius 1 is 1.26 bits per heavy atom. The first-order valence-electron chi connectivity index (χ1n) is 7.46. The molecule has 1 N–H and O–H groups in total. The number of aromatic nitrogens is 2. The van der Waals surface area contributed by atoms with E-state index in [0.29, 0.717) is 0 Å². The highest BCUT2D eigenvalue weighted by Crippen LogP contribution is 2.13. The summed E-state index contributed by atoms with van der Waals surface area (Å²) in [6.45, 7) is 13.4. The van der Waals surface area contributed by atoms with E-state index in [-0.39, 0.29) is 0 Å². The van der Waals surface area contributed by atoms with Crippen molar-refractivity contribution in [3.8, 4) is 0 Å². The number of aryl methyl sites for hydroxylation is 2. The smallest absolute Gasteiger partial charge is 0.0597 e. The number of piperazine rings is 1. The van der Waals surface area contributed by atoms with Crippen LogP contribution in [0.15, 0.2) is 6.07 Å². The van der Waals surface area contributed by atoms with E-state index in [1.807, 2.05) is 0 Å². The summed E-state index contributed by atoms with van der Waals surface area (Å²) in [7, 11) is 0. The Kier molecular flexibility index (Phi) is 3.86. The molecule has 1 aromatic rings. The molecule has 19 heavy (non-hydrogen) atoms. The predicted molar refractivity (Wildman–Crippen MR) is 76.1 cm³/mol. The van der Waals surface area contributed by atoms with Crippen molar-refractivity contribution in [2.75, 3.05) is 39.3 Å². The third-order valence-corrected chi connectivity index (χ3v) is 4.35. The van der Waals surface area contributed by atoms with Gasteiger partial charge in [-0.15, -0.1) is 0 Å². The van der Waals surface area contributed by atoms with E-state index in [9.17, 15) is 0 Å². The zero-order chi connectivity index (χ0) is 13.2. The lowest BCUT2D eigenvalue weighted by Crippen LogP contribution is -2.61. The zero-order valence-electron chi connectivity index (χ0n) is 12.1. The van der Waals surface area contributed by atoms with E-state index in [2.05, 4.69) is 44.8 Å². The molecule has 3 heterocycles. The van der Waals surface area contributed by atoms with E-state index in [0.717, 1.165) is 24.8 Å². The molecule has 0 aliphatic carbocycles. The minimum Gasteiger partial charge on any atom is -0.314 e. The van der Waals surface area contributed by atoms with Gasteiger partial charge in [0.15, 0.2) is 0 Å². The van der Waals surface area contributed by atoms with Gasteiger partial charge in [0.1, 0.15) is 0 Å². The molecule has 2 saturated heterocycles. The van der Waals surface area contributed by atoms with Crippen LogP contribution in [0.3, 0.4) is 0 Å². The van der Waals surface area contributed by atoms with Crippen LogP contribution >= 0.6 is 0 Å². The maximum Gasteiger partial charge on any atom is 0.0597 e. The molecule has 106 valence electrons. The molecule has 0 atom stereocenters. The van der Waals surface area contributed by atoms with Crippen molar-refractivity contribution >= 4 is 0 Å². The SMILES string of the molecule is CCn1nc(C)cc1CN1CCN(C2CNC2)CC1. The van der Waals surface area contributed by atoms with E-state index in [4.69, 9.17) is 0 Å². The van der Waals surface area contributed by atoms with Gasteiger partial charge < -0.3 is 5.32 Å². The molecular weight excluding hydrogens is 238 g/mol. The molecule has 0 radical (unpaired) electrons. The van der Waals surface area contributed by atoms with E-state index in [1.54, 1.807) is 0 Å². The van der Waals surface area contributed by atoms with Gasteiger partial charge in [0.25, 0.3) is 0 Å². The van der Waals surface area contributed by atoms with Crippen molar-refractivity contribution in [1.29, 1.82) is 0 Å². The second-order valence-electron chi connectivity index (χ2n) is 5.72. The maximum atomic E-state index is 4.53. The number of hydrogen-bond donors (Lipinski definition) is 1. The van der Waals surface area contributed by atoms with E-state index < -0.39 is 0 Å². The van der Waals surface area contributed by atoms with Crippen molar-refractivity contribution in [2.24, 2.45) is 0 Å². The summed E-state index contributed by atoms with van der Waals surface area (Å²) in [6, 6.07) is 3.02. The molecule has 3 rings (SSSR count). The third-order valence-electron chi connectivity index (χ3n) is 4.35. The van der Waals surface area contributed by atoms with Gasteiger partial charge in [-0.3, -0.25) is 14.5 Å². The van der Waals surface area contributed by atoms with Crippen LogP contribution in [0.1, 0.15) is 18.3 Å². The van der Waals surface area contributed by atoms with Crippen LogP contribution in [0.2, 0.25) is 0 Å². The number of hydrogen-bond acceptors (Lipinski definition) is 4. The van der Waals surface area contributed by atoms with Crippen LogP contribution in [0.4, 0.5) is 0 Å².